The summed E-state index contributed by atoms with van der Waals surface area (Å²) in [5.74, 6) is -0.294. The Morgan fingerprint density at radius 1 is 1.33 bits per heavy atom. The van der Waals surface area contributed by atoms with Gasteiger partial charge in [-0.15, -0.1) is 0 Å². The second-order valence-corrected chi connectivity index (χ2v) is 4.75. The van der Waals surface area contributed by atoms with Crippen molar-refractivity contribution in [3.63, 3.8) is 0 Å². The molecule has 1 aromatic carbocycles. The Labute approximate surface area is 113 Å². The molecule has 1 amide bonds. The van der Waals surface area contributed by atoms with Gasteiger partial charge in [-0.2, -0.15) is 0 Å². The fourth-order valence-electron chi connectivity index (χ4n) is 1.60. The van der Waals surface area contributed by atoms with E-state index in [1.165, 1.54) is 6.07 Å². The van der Waals surface area contributed by atoms with E-state index in [4.69, 9.17) is 0 Å². The summed E-state index contributed by atoms with van der Waals surface area (Å²) in [6, 6.07) is 8.64. The number of carbonyl (C=O) groups excluding carboxylic acids is 1. The van der Waals surface area contributed by atoms with Crippen LogP contribution in [-0.2, 0) is 6.54 Å². The molecule has 2 rings (SSSR count). The van der Waals surface area contributed by atoms with Gasteiger partial charge in [0.2, 0.25) is 0 Å². The van der Waals surface area contributed by atoms with Crippen LogP contribution in [0.2, 0.25) is 0 Å². The van der Waals surface area contributed by atoms with Crippen molar-refractivity contribution in [3.8, 4) is 5.75 Å². The Morgan fingerprint density at radius 3 is 2.78 bits per heavy atom. The quantitative estimate of drug-likeness (QED) is 0.911. The third-order valence-corrected chi connectivity index (χ3v) is 3.02. The predicted molar refractivity (Wildman–Crippen MR) is 72.6 cm³/mol. The Bertz CT molecular complexity index is 538. The maximum absolute atomic E-state index is 11.8. The second kappa shape index (κ2) is 5.73. The molecule has 0 atom stereocenters. The highest BCUT2D eigenvalue weighted by Crippen LogP contribution is 2.21. The largest absolute Gasteiger partial charge is 0.507 e. The number of halogens is 1. The molecule has 4 nitrogen and oxygen atoms in total. The van der Waals surface area contributed by atoms with Crippen LogP contribution in [0, 0.1) is 0 Å². The number of carbonyl (C=O) groups is 1. The molecule has 1 aromatic heterocycles. The van der Waals surface area contributed by atoms with Gasteiger partial charge in [0, 0.05) is 30.0 Å². The summed E-state index contributed by atoms with van der Waals surface area (Å²) >= 11 is 3.27. The van der Waals surface area contributed by atoms with E-state index < -0.39 is 0 Å². The first kappa shape index (κ1) is 12.7. The van der Waals surface area contributed by atoms with Crippen LogP contribution in [0.3, 0.4) is 0 Å². The zero-order valence-corrected chi connectivity index (χ0v) is 11.2. The minimum Gasteiger partial charge on any atom is -0.507 e. The van der Waals surface area contributed by atoms with Gasteiger partial charge in [0.25, 0.3) is 5.91 Å². The predicted octanol–water partition coefficient (Wildman–Crippen LogP) is 2.39. The molecule has 94 valence electrons. The van der Waals surface area contributed by atoms with Crippen molar-refractivity contribution in [2.45, 2.75) is 6.54 Å². The molecule has 0 aliphatic rings. The summed E-state index contributed by atoms with van der Waals surface area (Å²) in [6.07, 6.45) is 3.87. The fourth-order valence-corrected chi connectivity index (χ4v) is 1.96. The van der Waals surface area contributed by atoms with Crippen LogP contribution < -0.4 is 5.32 Å². The van der Waals surface area contributed by atoms with E-state index in [1.807, 2.05) is 29.1 Å². The number of nitrogens with one attached hydrogen (secondary N) is 1. The van der Waals surface area contributed by atoms with E-state index in [-0.39, 0.29) is 17.2 Å². The Kier molecular flexibility index (Phi) is 4.04. The molecule has 2 aromatic rings. The highest BCUT2D eigenvalue weighted by atomic mass is 79.9. The first-order valence-electron chi connectivity index (χ1n) is 5.54. The lowest BCUT2D eigenvalue weighted by Gasteiger charge is -2.08. The van der Waals surface area contributed by atoms with E-state index in [0.29, 0.717) is 13.1 Å². The van der Waals surface area contributed by atoms with Crippen LogP contribution in [0.5, 0.6) is 5.75 Å². The lowest BCUT2D eigenvalue weighted by atomic mass is 10.2. The van der Waals surface area contributed by atoms with Crippen LogP contribution in [0.25, 0.3) is 0 Å². The summed E-state index contributed by atoms with van der Waals surface area (Å²) < 4.78 is 2.73. The fraction of sp³-hybridized carbons (Fsp3) is 0.154. The zero-order chi connectivity index (χ0) is 13.0. The molecule has 0 saturated heterocycles. The van der Waals surface area contributed by atoms with Crippen LogP contribution in [-0.4, -0.2) is 22.1 Å². The highest BCUT2D eigenvalue weighted by molar-refractivity contribution is 9.10. The van der Waals surface area contributed by atoms with Crippen molar-refractivity contribution in [1.29, 1.82) is 0 Å². The van der Waals surface area contributed by atoms with Gasteiger partial charge < -0.3 is 15.0 Å². The Hall–Kier alpha value is -1.75. The molecule has 0 aliphatic heterocycles. The number of amides is 1. The van der Waals surface area contributed by atoms with Crippen molar-refractivity contribution >= 4 is 21.8 Å². The number of phenolic OH excluding ortho intramolecular Hbond substituents is 1. The van der Waals surface area contributed by atoms with Crippen LogP contribution in [0.4, 0.5) is 0 Å². The molecule has 0 saturated carbocycles. The maximum Gasteiger partial charge on any atom is 0.255 e. The summed E-state index contributed by atoms with van der Waals surface area (Å²) in [5, 5.41) is 12.4. The van der Waals surface area contributed by atoms with Crippen molar-refractivity contribution in [3.05, 3.63) is 52.8 Å². The molecule has 0 bridgehead atoms. The number of phenols is 1. The van der Waals surface area contributed by atoms with Gasteiger partial charge in [-0.1, -0.05) is 15.9 Å². The molecule has 5 heteroatoms. The summed E-state index contributed by atoms with van der Waals surface area (Å²) in [7, 11) is 0. The average Bonchev–Trinajstić information content (AvgIpc) is 2.85. The van der Waals surface area contributed by atoms with Gasteiger partial charge in [0.05, 0.1) is 5.56 Å². The number of aromatic nitrogens is 1. The van der Waals surface area contributed by atoms with Crippen LogP contribution in [0.15, 0.2) is 47.2 Å². The van der Waals surface area contributed by atoms with Crippen molar-refractivity contribution in [2.75, 3.05) is 6.54 Å². The van der Waals surface area contributed by atoms with E-state index in [1.54, 1.807) is 12.1 Å². The molecule has 0 aliphatic carbocycles. The van der Waals surface area contributed by atoms with Crippen LogP contribution >= 0.6 is 15.9 Å². The summed E-state index contributed by atoms with van der Waals surface area (Å²) in [4.78, 5) is 11.8. The monoisotopic (exact) mass is 308 g/mol. The first-order chi connectivity index (χ1) is 8.66. The van der Waals surface area contributed by atoms with E-state index in [0.717, 1.165) is 4.47 Å². The SMILES string of the molecule is O=C(NCCn1cccc1)c1cc(Br)ccc1O. The zero-order valence-electron chi connectivity index (χ0n) is 9.64. The van der Waals surface area contributed by atoms with E-state index >= 15 is 0 Å². The standard InChI is InChI=1S/C13H13BrN2O2/c14-10-3-4-12(17)11(9-10)13(18)15-5-8-16-6-1-2-7-16/h1-4,6-7,9,17H,5,8H2,(H,15,18). The molecule has 0 spiro atoms. The van der Waals surface area contributed by atoms with Crippen molar-refractivity contribution < 1.29 is 9.90 Å². The number of hydrogen-bond acceptors (Lipinski definition) is 2. The molecule has 1 heterocycles. The van der Waals surface area contributed by atoms with E-state index in [2.05, 4.69) is 21.2 Å². The lowest BCUT2D eigenvalue weighted by molar-refractivity contribution is 0.0949. The van der Waals surface area contributed by atoms with Gasteiger partial charge >= 0.3 is 0 Å². The van der Waals surface area contributed by atoms with Crippen molar-refractivity contribution in [2.24, 2.45) is 0 Å². The maximum atomic E-state index is 11.8. The topological polar surface area (TPSA) is 54.3 Å². The minimum absolute atomic E-state index is 0.0170. The van der Waals surface area contributed by atoms with Crippen LogP contribution in [0.1, 0.15) is 10.4 Å². The number of hydrogen-bond donors (Lipinski definition) is 2. The second-order valence-electron chi connectivity index (χ2n) is 3.84. The molecule has 0 unspecified atom stereocenters. The number of benzene rings is 1. The average molecular weight is 309 g/mol. The van der Waals surface area contributed by atoms with Crippen molar-refractivity contribution in [1.82, 2.24) is 9.88 Å². The van der Waals surface area contributed by atoms with Gasteiger partial charge in [-0.25, -0.2) is 0 Å². The lowest BCUT2D eigenvalue weighted by Crippen LogP contribution is -2.27. The van der Waals surface area contributed by atoms with Gasteiger partial charge in [-0.05, 0) is 30.3 Å². The molecule has 0 radical (unpaired) electrons. The molecule has 18 heavy (non-hydrogen) atoms. The Morgan fingerprint density at radius 2 is 2.06 bits per heavy atom. The smallest absolute Gasteiger partial charge is 0.255 e. The van der Waals surface area contributed by atoms with Gasteiger partial charge in [0.1, 0.15) is 5.75 Å². The number of rotatable bonds is 4. The Balaban J connectivity index is 1.93. The van der Waals surface area contributed by atoms with Gasteiger partial charge in [-0.3, -0.25) is 4.79 Å². The normalized spacial score (nSPS) is 10.3. The molecular formula is C13H13BrN2O2. The first-order valence-corrected chi connectivity index (χ1v) is 6.33. The molecule has 2 N–H and O–H groups in total. The minimum atomic E-state index is -0.277. The van der Waals surface area contributed by atoms with E-state index in [9.17, 15) is 9.90 Å². The third-order valence-electron chi connectivity index (χ3n) is 2.52. The number of nitrogens with zero attached hydrogens (tertiary/aromatic N) is 1. The molecular weight excluding hydrogens is 296 g/mol. The summed E-state index contributed by atoms with van der Waals surface area (Å²) in [5.41, 5.74) is 0.275. The number of aromatic hydroxyl groups is 1. The molecule has 0 fully saturated rings. The third kappa shape index (κ3) is 3.13. The highest BCUT2D eigenvalue weighted by Gasteiger charge is 2.10. The van der Waals surface area contributed by atoms with Gasteiger partial charge in [0.15, 0.2) is 0 Å². The summed E-state index contributed by atoms with van der Waals surface area (Å²) in [6.45, 7) is 1.22.